The van der Waals surface area contributed by atoms with E-state index in [4.69, 9.17) is 18.5 Å². The average molecular weight is 883 g/mol. The van der Waals surface area contributed by atoms with Crippen molar-refractivity contribution < 1.29 is 42.1 Å². The number of nitrogens with zero attached hydrogens (tertiary/aromatic N) is 1. The number of rotatable bonds is 46. The maximum Gasteiger partial charge on any atom is 0.472 e. The monoisotopic (exact) mass is 883 g/mol. The van der Waals surface area contributed by atoms with Gasteiger partial charge in [0.2, 0.25) is 0 Å². The highest BCUT2D eigenvalue weighted by atomic mass is 31.2. The van der Waals surface area contributed by atoms with Gasteiger partial charge in [-0.3, -0.25) is 18.6 Å². The molecule has 0 aromatic heterocycles. The van der Waals surface area contributed by atoms with Crippen molar-refractivity contribution in [2.45, 2.75) is 232 Å². The average Bonchev–Trinajstić information content (AvgIpc) is 3.21. The van der Waals surface area contributed by atoms with Crippen LogP contribution in [-0.2, 0) is 32.7 Å². The van der Waals surface area contributed by atoms with Gasteiger partial charge in [-0.25, -0.2) is 4.57 Å². The molecule has 0 fully saturated rings. The van der Waals surface area contributed by atoms with Gasteiger partial charge in [-0.15, -0.1) is 0 Å². The number of quaternary nitrogens is 1. The number of esters is 2. The number of carbonyl (C=O) groups excluding carboxylic acids is 2. The van der Waals surface area contributed by atoms with E-state index in [2.05, 4.69) is 50.3 Å². The fourth-order valence-corrected chi connectivity index (χ4v) is 7.77. The zero-order chi connectivity index (χ0) is 45.0. The van der Waals surface area contributed by atoms with Gasteiger partial charge in [0, 0.05) is 12.8 Å². The van der Waals surface area contributed by atoms with Crippen LogP contribution in [0.3, 0.4) is 0 Å². The van der Waals surface area contributed by atoms with Crippen LogP contribution < -0.4 is 0 Å². The number of phosphoric ester groups is 1. The molecule has 0 saturated heterocycles. The van der Waals surface area contributed by atoms with Crippen molar-refractivity contribution in [1.82, 2.24) is 0 Å². The van der Waals surface area contributed by atoms with E-state index >= 15 is 0 Å². The Kier molecular flexibility index (Phi) is 42.2. The summed E-state index contributed by atoms with van der Waals surface area (Å²) in [6, 6.07) is 0. The van der Waals surface area contributed by atoms with E-state index in [1.165, 1.54) is 135 Å². The first-order valence-corrected chi connectivity index (χ1v) is 26.7. The normalized spacial score (nSPS) is 13.7. The van der Waals surface area contributed by atoms with E-state index in [0.29, 0.717) is 17.4 Å². The number of allylic oxidation sites excluding steroid dienone is 6. The molecule has 9 nitrogen and oxygen atoms in total. The van der Waals surface area contributed by atoms with Crippen LogP contribution in [0.4, 0.5) is 0 Å². The van der Waals surface area contributed by atoms with Crippen LogP contribution in [0.15, 0.2) is 36.5 Å². The summed E-state index contributed by atoms with van der Waals surface area (Å²) in [6.07, 6.45) is 50.7. The van der Waals surface area contributed by atoms with E-state index in [1.807, 2.05) is 21.1 Å². The van der Waals surface area contributed by atoms with Crippen molar-refractivity contribution in [3.63, 3.8) is 0 Å². The quantitative estimate of drug-likeness (QED) is 0.0212. The Bertz CT molecular complexity index is 1130. The Morgan fingerprint density at radius 1 is 0.525 bits per heavy atom. The first-order chi connectivity index (χ1) is 29.5. The summed E-state index contributed by atoms with van der Waals surface area (Å²) in [5.74, 6) is -0.825. The Balaban J connectivity index is 4.16. The van der Waals surface area contributed by atoms with Crippen molar-refractivity contribution in [2.24, 2.45) is 0 Å². The molecule has 2 unspecified atom stereocenters. The topological polar surface area (TPSA) is 108 Å². The molecular weight excluding hydrogens is 786 g/mol. The highest BCUT2D eigenvalue weighted by Crippen LogP contribution is 2.43. The minimum Gasteiger partial charge on any atom is -0.462 e. The van der Waals surface area contributed by atoms with E-state index in [-0.39, 0.29) is 32.0 Å². The number of phosphoric acid groups is 1. The molecule has 0 spiro atoms. The highest BCUT2D eigenvalue weighted by Gasteiger charge is 2.27. The van der Waals surface area contributed by atoms with Gasteiger partial charge in [0.1, 0.15) is 19.8 Å². The Hall–Kier alpha value is -1.77. The maximum absolute atomic E-state index is 12.7. The molecule has 0 aromatic rings. The van der Waals surface area contributed by atoms with Gasteiger partial charge in [-0.1, -0.05) is 204 Å². The van der Waals surface area contributed by atoms with E-state index in [9.17, 15) is 19.0 Å². The second-order valence-corrected chi connectivity index (χ2v) is 19.6. The molecule has 0 amide bonds. The Morgan fingerprint density at radius 2 is 0.934 bits per heavy atom. The van der Waals surface area contributed by atoms with Crippen molar-refractivity contribution in [2.75, 3.05) is 47.5 Å². The predicted molar refractivity (Wildman–Crippen MR) is 257 cm³/mol. The lowest BCUT2D eigenvalue weighted by molar-refractivity contribution is -0.870. The van der Waals surface area contributed by atoms with Crippen LogP contribution in [0.1, 0.15) is 226 Å². The lowest BCUT2D eigenvalue weighted by atomic mass is 10.0. The molecule has 0 saturated carbocycles. The Labute approximate surface area is 376 Å². The number of ether oxygens (including phenoxy) is 2. The Morgan fingerprint density at radius 3 is 1.39 bits per heavy atom. The van der Waals surface area contributed by atoms with Gasteiger partial charge in [-0.2, -0.15) is 0 Å². The van der Waals surface area contributed by atoms with Crippen LogP contribution in [0.25, 0.3) is 0 Å². The van der Waals surface area contributed by atoms with E-state index < -0.39 is 26.5 Å². The number of carbonyl (C=O) groups is 2. The lowest BCUT2D eigenvalue weighted by Crippen LogP contribution is -2.37. The molecule has 2 atom stereocenters. The summed E-state index contributed by atoms with van der Waals surface area (Å²) in [5, 5.41) is 0. The van der Waals surface area contributed by atoms with Crippen LogP contribution in [0.5, 0.6) is 0 Å². The second kappa shape index (κ2) is 43.5. The number of hydrogen-bond donors (Lipinski definition) is 1. The smallest absolute Gasteiger partial charge is 0.462 e. The minimum atomic E-state index is -4.38. The van der Waals surface area contributed by atoms with Crippen molar-refractivity contribution in [1.29, 1.82) is 0 Å². The molecule has 1 N–H and O–H groups in total. The molecular formula is C51H97NO8P+. The largest absolute Gasteiger partial charge is 0.472 e. The van der Waals surface area contributed by atoms with Crippen molar-refractivity contribution in [3.8, 4) is 0 Å². The van der Waals surface area contributed by atoms with Crippen LogP contribution >= 0.6 is 7.82 Å². The zero-order valence-electron chi connectivity index (χ0n) is 40.4. The second-order valence-electron chi connectivity index (χ2n) is 18.2. The molecule has 0 aliphatic heterocycles. The zero-order valence-corrected chi connectivity index (χ0v) is 41.3. The fourth-order valence-electron chi connectivity index (χ4n) is 7.03. The molecule has 0 radical (unpaired) electrons. The molecule has 0 aliphatic carbocycles. The maximum atomic E-state index is 12.7. The van der Waals surface area contributed by atoms with Gasteiger partial charge in [0.15, 0.2) is 6.10 Å². The standard InChI is InChI=1S/C51H96NO8P/c1-6-8-10-12-14-16-18-20-21-22-23-24-25-26-27-28-29-30-32-33-35-37-39-41-43-50(53)57-47-49(48-59-61(55,56)58-46-45-52(3,4)5)60-51(54)44-42-40-38-36-34-31-19-17-15-13-11-9-7-2/h9,11,15,17,31,34,49H,6-8,10,12-14,16,18-30,32-33,35-48H2,1-5H3/p+1/b11-9-,17-15-,34-31-. The predicted octanol–water partition coefficient (Wildman–Crippen LogP) is 14.9. The molecule has 0 aliphatic rings. The summed E-state index contributed by atoms with van der Waals surface area (Å²) in [6.45, 7) is 4.30. The number of likely N-dealkylation sites (N-methyl/N-ethyl adjacent to an activating group) is 1. The minimum absolute atomic E-state index is 0.0266. The number of unbranched alkanes of at least 4 members (excludes halogenated alkanes) is 26. The SMILES string of the molecule is CC/C=C\C/C=C\C/C=C\CCCCCC(=O)OC(COC(=O)CCCCCCCCCCCCCCCCCCCCCCCCCC)COP(=O)(O)OCC[N+](C)(C)C. The third-order valence-electron chi connectivity index (χ3n) is 10.9. The lowest BCUT2D eigenvalue weighted by Gasteiger charge is -2.24. The van der Waals surface area contributed by atoms with E-state index in [0.717, 1.165) is 57.8 Å². The van der Waals surface area contributed by atoms with Crippen LogP contribution in [-0.4, -0.2) is 74.9 Å². The van der Waals surface area contributed by atoms with Gasteiger partial charge < -0.3 is 18.9 Å². The first-order valence-electron chi connectivity index (χ1n) is 25.2. The highest BCUT2D eigenvalue weighted by molar-refractivity contribution is 7.47. The molecule has 0 bridgehead atoms. The molecule has 10 heteroatoms. The third kappa shape index (κ3) is 47.5. The van der Waals surface area contributed by atoms with Crippen molar-refractivity contribution in [3.05, 3.63) is 36.5 Å². The summed E-state index contributed by atoms with van der Waals surface area (Å²) in [7, 11) is 1.46. The third-order valence-corrected chi connectivity index (χ3v) is 11.9. The summed E-state index contributed by atoms with van der Waals surface area (Å²) >= 11 is 0. The molecule has 0 heterocycles. The number of hydrogen-bond acceptors (Lipinski definition) is 7. The van der Waals surface area contributed by atoms with Gasteiger partial charge in [0.25, 0.3) is 0 Å². The van der Waals surface area contributed by atoms with Gasteiger partial charge >= 0.3 is 19.8 Å². The molecule has 358 valence electrons. The summed E-state index contributed by atoms with van der Waals surface area (Å²) in [5.41, 5.74) is 0. The fraction of sp³-hybridized carbons (Fsp3) is 0.843. The van der Waals surface area contributed by atoms with Crippen LogP contribution in [0.2, 0.25) is 0 Å². The van der Waals surface area contributed by atoms with E-state index in [1.54, 1.807) is 0 Å². The molecule has 0 rings (SSSR count). The summed E-state index contributed by atoms with van der Waals surface area (Å²) in [4.78, 5) is 35.4. The van der Waals surface area contributed by atoms with Crippen LogP contribution in [0, 0.1) is 0 Å². The van der Waals surface area contributed by atoms with Gasteiger partial charge in [-0.05, 0) is 44.9 Å². The molecule has 61 heavy (non-hydrogen) atoms. The molecule has 0 aromatic carbocycles. The first kappa shape index (κ1) is 59.2. The van der Waals surface area contributed by atoms with Crippen molar-refractivity contribution >= 4 is 19.8 Å². The van der Waals surface area contributed by atoms with Gasteiger partial charge in [0.05, 0.1) is 27.7 Å². The summed E-state index contributed by atoms with van der Waals surface area (Å²) < 4.78 is 34.4.